The molecule has 146 valence electrons. The third kappa shape index (κ3) is 5.58. The summed E-state index contributed by atoms with van der Waals surface area (Å²) in [5, 5.41) is 6.99. The fourth-order valence-corrected chi connectivity index (χ4v) is 4.44. The van der Waals surface area contributed by atoms with E-state index in [2.05, 4.69) is 69.6 Å². The van der Waals surface area contributed by atoms with Gasteiger partial charge in [0.1, 0.15) is 0 Å². The van der Waals surface area contributed by atoms with E-state index in [4.69, 9.17) is 4.99 Å². The van der Waals surface area contributed by atoms with Crippen molar-refractivity contribution >= 4 is 45.9 Å². The van der Waals surface area contributed by atoms with Crippen LogP contribution in [0.15, 0.2) is 33.7 Å². The minimum atomic E-state index is 0. The zero-order valence-corrected chi connectivity index (χ0v) is 19.8. The highest BCUT2D eigenvalue weighted by atomic mass is 127. The molecule has 1 saturated carbocycles. The Balaban J connectivity index is 0.00000243. The summed E-state index contributed by atoms with van der Waals surface area (Å²) < 4.78 is 1.21. The standard InChI is InChI=1S/C20H31BrN4.HI/c1-3-22-19(23-13-16-9-12-25(4-2)14-16)24-15-20(10-11-20)17-7-5-6-8-18(17)21;/h5-8,16H,3-4,9-15H2,1-2H3,(H2,22,23,24);1H. The molecule has 1 aliphatic carbocycles. The van der Waals surface area contributed by atoms with E-state index in [1.807, 2.05) is 0 Å². The van der Waals surface area contributed by atoms with Crippen LogP contribution in [0.2, 0.25) is 0 Å². The zero-order chi connectivity index (χ0) is 17.7. The largest absolute Gasteiger partial charge is 0.357 e. The first-order valence-electron chi connectivity index (χ1n) is 9.66. The van der Waals surface area contributed by atoms with E-state index in [1.165, 1.54) is 48.9 Å². The molecule has 2 N–H and O–H groups in total. The quantitative estimate of drug-likeness (QED) is 0.315. The maximum Gasteiger partial charge on any atom is 0.191 e. The number of guanidine groups is 1. The van der Waals surface area contributed by atoms with Crippen molar-refractivity contribution in [2.24, 2.45) is 10.9 Å². The number of benzene rings is 1. The third-order valence-corrected chi connectivity index (χ3v) is 6.25. The van der Waals surface area contributed by atoms with Gasteiger partial charge in [-0.25, -0.2) is 0 Å². The summed E-state index contributed by atoms with van der Waals surface area (Å²) in [5.74, 6) is 1.71. The van der Waals surface area contributed by atoms with Gasteiger partial charge in [0.25, 0.3) is 0 Å². The molecule has 0 spiro atoms. The molecule has 0 amide bonds. The maximum atomic E-state index is 4.93. The first-order valence-corrected chi connectivity index (χ1v) is 10.5. The van der Waals surface area contributed by atoms with Crippen molar-refractivity contribution in [3.63, 3.8) is 0 Å². The average Bonchev–Trinajstić information content (AvgIpc) is 3.27. The molecule has 26 heavy (non-hydrogen) atoms. The average molecular weight is 535 g/mol. The van der Waals surface area contributed by atoms with Gasteiger partial charge in [-0.2, -0.15) is 0 Å². The zero-order valence-electron chi connectivity index (χ0n) is 15.9. The normalized spacial score (nSPS) is 22.0. The number of rotatable bonds is 7. The molecule has 1 aliphatic heterocycles. The van der Waals surface area contributed by atoms with Crippen molar-refractivity contribution in [3.8, 4) is 0 Å². The molecule has 1 atom stereocenters. The van der Waals surface area contributed by atoms with Crippen LogP contribution in [0.3, 0.4) is 0 Å². The van der Waals surface area contributed by atoms with Crippen molar-refractivity contribution < 1.29 is 0 Å². The maximum absolute atomic E-state index is 4.93. The van der Waals surface area contributed by atoms with E-state index in [9.17, 15) is 0 Å². The summed E-state index contributed by atoms with van der Waals surface area (Å²) in [4.78, 5) is 7.46. The minimum absolute atomic E-state index is 0. The first-order chi connectivity index (χ1) is 12.2. The van der Waals surface area contributed by atoms with E-state index < -0.39 is 0 Å². The Kier molecular flexibility index (Phi) is 8.67. The number of aliphatic imine (C=N–C) groups is 1. The fourth-order valence-electron chi connectivity index (χ4n) is 3.73. The molecule has 1 aromatic rings. The molecule has 2 aliphatic rings. The molecule has 1 saturated heterocycles. The molecule has 0 radical (unpaired) electrons. The Morgan fingerprint density at radius 3 is 2.65 bits per heavy atom. The van der Waals surface area contributed by atoms with Crippen molar-refractivity contribution in [1.82, 2.24) is 15.5 Å². The van der Waals surface area contributed by atoms with Crippen LogP contribution in [-0.4, -0.2) is 50.1 Å². The van der Waals surface area contributed by atoms with Crippen molar-refractivity contribution in [1.29, 1.82) is 0 Å². The fraction of sp³-hybridized carbons (Fsp3) is 0.650. The number of halogens is 2. The third-order valence-electron chi connectivity index (χ3n) is 5.56. The highest BCUT2D eigenvalue weighted by molar-refractivity contribution is 14.0. The smallest absolute Gasteiger partial charge is 0.191 e. The van der Waals surface area contributed by atoms with Gasteiger partial charge < -0.3 is 15.5 Å². The second-order valence-electron chi connectivity index (χ2n) is 7.38. The summed E-state index contributed by atoms with van der Waals surface area (Å²) in [5.41, 5.74) is 1.64. The van der Waals surface area contributed by atoms with E-state index in [0.717, 1.165) is 31.5 Å². The molecule has 4 nitrogen and oxygen atoms in total. The van der Waals surface area contributed by atoms with Crippen molar-refractivity contribution in [2.45, 2.75) is 38.5 Å². The minimum Gasteiger partial charge on any atom is -0.357 e. The number of hydrogen-bond acceptors (Lipinski definition) is 2. The van der Waals surface area contributed by atoms with E-state index in [1.54, 1.807) is 0 Å². The molecule has 6 heteroatoms. The highest BCUT2D eigenvalue weighted by Gasteiger charge is 2.45. The molecule has 0 aromatic heterocycles. The van der Waals surface area contributed by atoms with Crippen LogP contribution in [0, 0.1) is 5.92 Å². The van der Waals surface area contributed by atoms with Gasteiger partial charge in [0.05, 0.1) is 6.54 Å². The number of hydrogen-bond donors (Lipinski definition) is 2. The Hall–Kier alpha value is -0.340. The SMILES string of the molecule is CCNC(=NCC1(c2ccccc2Br)CC1)NCC1CCN(CC)C1.I. The lowest BCUT2D eigenvalue weighted by Gasteiger charge is -2.18. The van der Waals surface area contributed by atoms with Crippen LogP contribution in [0.25, 0.3) is 0 Å². The summed E-state index contributed by atoms with van der Waals surface area (Å²) in [6.07, 6.45) is 3.75. The lowest BCUT2D eigenvalue weighted by atomic mass is 9.96. The summed E-state index contributed by atoms with van der Waals surface area (Å²) in [6, 6.07) is 8.60. The first kappa shape index (κ1) is 22.0. The van der Waals surface area contributed by atoms with Gasteiger partial charge in [0.15, 0.2) is 5.96 Å². The van der Waals surface area contributed by atoms with Gasteiger partial charge in [-0.05, 0) is 56.8 Å². The molecule has 1 unspecified atom stereocenters. The van der Waals surface area contributed by atoms with Crippen LogP contribution in [0.1, 0.15) is 38.7 Å². The van der Waals surface area contributed by atoms with E-state index in [-0.39, 0.29) is 29.4 Å². The monoisotopic (exact) mass is 534 g/mol. The lowest BCUT2D eigenvalue weighted by molar-refractivity contribution is 0.342. The van der Waals surface area contributed by atoms with Gasteiger partial charge >= 0.3 is 0 Å². The summed E-state index contributed by atoms with van der Waals surface area (Å²) in [6.45, 7) is 10.8. The Morgan fingerprint density at radius 1 is 1.27 bits per heavy atom. The van der Waals surface area contributed by atoms with Crippen molar-refractivity contribution in [3.05, 3.63) is 34.3 Å². The van der Waals surface area contributed by atoms with Gasteiger partial charge in [0.2, 0.25) is 0 Å². The molecule has 3 rings (SSSR count). The Bertz CT molecular complexity index is 603. The molecule has 1 heterocycles. The van der Waals surface area contributed by atoms with Crippen LogP contribution in [0.5, 0.6) is 0 Å². The molecular weight excluding hydrogens is 503 g/mol. The van der Waals surface area contributed by atoms with E-state index >= 15 is 0 Å². The lowest BCUT2D eigenvalue weighted by Crippen LogP contribution is -2.40. The predicted molar refractivity (Wildman–Crippen MR) is 125 cm³/mol. The Labute approximate surface area is 183 Å². The van der Waals surface area contributed by atoms with Crippen LogP contribution < -0.4 is 10.6 Å². The van der Waals surface area contributed by atoms with E-state index in [0.29, 0.717) is 0 Å². The van der Waals surface area contributed by atoms with Gasteiger partial charge in [-0.1, -0.05) is 41.1 Å². The second-order valence-corrected chi connectivity index (χ2v) is 8.24. The summed E-state index contributed by atoms with van der Waals surface area (Å²) in [7, 11) is 0. The number of likely N-dealkylation sites (tertiary alicyclic amines) is 1. The molecular formula is C20H32BrIN4. The van der Waals surface area contributed by atoms with Crippen LogP contribution in [0.4, 0.5) is 0 Å². The highest BCUT2D eigenvalue weighted by Crippen LogP contribution is 2.50. The molecule has 2 fully saturated rings. The van der Waals surface area contributed by atoms with Gasteiger partial charge in [-0.3, -0.25) is 4.99 Å². The van der Waals surface area contributed by atoms with Gasteiger partial charge in [-0.15, -0.1) is 24.0 Å². The van der Waals surface area contributed by atoms with Crippen LogP contribution in [-0.2, 0) is 5.41 Å². The predicted octanol–water partition coefficient (Wildman–Crippen LogP) is 4.00. The summed E-state index contributed by atoms with van der Waals surface area (Å²) >= 11 is 3.71. The molecule has 1 aromatic carbocycles. The second kappa shape index (κ2) is 10.3. The van der Waals surface area contributed by atoms with Crippen molar-refractivity contribution in [2.75, 3.05) is 39.3 Å². The topological polar surface area (TPSA) is 39.7 Å². The number of nitrogens with one attached hydrogen (secondary N) is 2. The Morgan fingerprint density at radius 2 is 2.04 bits per heavy atom. The van der Waals surface area contributed by atoms with Crippen LogP contribution >= 0.6 is 39.9 Å². The molecule has 0 bridgehead atoms. The van der Waals surface area contributed by atoms with Gasteiger partial charge in [0, 0.05) is 29.5 Å². The number of nitrogens with zero attached hydrogens (tertiary/aromatic N) is 2.